The fraction of sp³-hybridized carbons (Fsp3) is 0.462. The van der Waals surface area contributed by atoms with Crippen molar-refractivity contribution in [2.45, 2.75) is 19.3 Å². The molecule has 1 aromatic rings. The van der Waals surface area contributed by atoms with E-state index in [4.69, 9.17) is 9.84 Å². The molecule has 0 aliphatic rings. The Balaban J connectivity index is 2.81. The molecule has 0 aliphatic carbocycles. The van der Waals surface area contributed by atoms with Crippen LogP contribution in [0.2, 0.25) is 0 Å². The Hall–Kier alpha value is -1.71. The number of carbonyl (C=O) groups is 1. The maximum absolute atomic E-state index is 10.5. The van der Waals surface area contributed by atoms with Crippen LogP contribution in [0.5, 0.6) is 5.75 Å². The van der Waals surface area contributed by atoms with E-state index in [1.54, 1.807) is 7.11 Å². The van der Waals surface area contributed by atoms with Gasteiger partial charge in [-0.3, -0.25) is 4.79 Å². The predicted molar refractivity (Wildman–Crippen MR) is 67.9 cm³/mol. The minimum absolute atomic E-state index is 0.198. The summed E-state index contributed by atoms with van der Waals surface area (Å²) in [6.07, 6.45) is 1.59. The Bertz CT molecular complexity index is 388. The minimum atomic E-state index is -0.751. The Morgan fingerprint density at radius 3 is 2.65 bits per heavy atom. The van der Waals surface area contributed by atoms with Gasteiger partial charge in [0.15, 0.2) is 0 Å². The lowest BCUT2D eigenvalue weighted by molar-refractivity contribution is -0.137. The molecule has 94 valence electrons. The second kappa shape index (κ2) is 6.13. The number of aryl methyl sites for hydroxylation is 1. The molecule has 0 aliphatic heterocycles. The molecule has 0 radical (unpaired) electrons. The van der Waals surface area contributed by atoms with Crippen LogP contribution in [-0.4, -0.2) is 32.3 Å². The minimum Gasteiger partial charge on any atom is -0.497 e. The third kappa shape index (κ3) is 3.98. The lowest BCUT2D eigenvalue weighted by atomic mass is 10.0. The summed E-state index contributed by atoms with van der Waals surface area (Å²) in [5.41, 5.74) is 2.23. The molecule has 4 heteroatoms. The molecule has 0 spiro atoms. The molecule has 0 amide bonds. The number of nitrogens with zero attached hydrogens (tertiary/aromatic N) is 1. The van der Waals surface area contributed by atoms with Gasteiger partial charge in [-0.05, 0) is 36.6 Å². The molecule has 0 aromatic heterocycles. The second-order valence-electron chi connectivity index (χ2n) is 4.14. The van der Waals surface area contributed by atoms with Gasteiger partial charge in [-0.25, -0.2) is 0 Å². The highest BCUT2D eigenvalue weighted by Gasteiger charge is 2.07. The first-order chi connectivity index (χ1) is 8.04. The number of carboxylic acid groups (broad SMARTS) is 1. The number of ether oxygens (including phenoxy) is 1. The normalized spacial score (nSPS) is 10.1. The van der Waals surface area contributed by atoms with Crippen molar-refractivity contribution in [1.29, 1.82) is 0 Å². The Labute approximate surface area is 102 Å². The highest BCUT2D eigenvalue weighted by molar-refractivity contribution is 5.66. The summed E-state index contributed by atoms with van der Waals surface area (Å²) in [6.45, 7) is 0. The molecule has 1 N–H and O–H groups in total. The lowest BCUT2D eigenvalue weighted by Crippen LogP contribution is -2.11. The first-order valence-electron chi connectivity index (χ1n) is 5.60. The van der Waals surface area contributed by atoms with E-state index in [1.807, 2.05) is 37.2 Å². The van der Waals surface area contributed by atoms with Crippen LogP contribution in [0.4, 0.5) is 5.69 Å². The van der Waals surface area contributed by atoms with Crippen molar-refractivity contribution >= 4 is 11.7 Å². The van der Waals surface area contributed by atoms with E-state index < -0.39 is 5.97 Å². The quantitative estimate of drug-likeness (QED) is 0.823. The van der Waals surface area contributed by atoms with Crippen molar-refractivity contribution in [2.75, 3.05) is 26.1 Å². The molecule has 0 saturated heterocycles. The number of aliphatic carboxylic acids is 1. The molecule has 4 nitrogen and oxygen atoms in total. The van der Waals surface area contributed by atoms with E-state index in [0.717, 1.165) is 23.4 Å². The maximum Gasteiger partial charge on any atom is 0.303 e. The molecule has 0 atom stereocenters. The van der Waals surface area contributed by atoms with Crippen LogP contribution < -0.4 is 9.64 Å². The molecule has 0 heterocycles. The van der Waals surface area contributed by atoms with Gasteiger partial charge in [0.1, 0.15) is 5.75 Å². The van der Waals surface area contributed by atoms with Gasteiger partial charge in [0, 0.05) is 26.2 Å². The standard InChI is InChI=1S/C13H19NO3/c1-14(2)12-8-7-11(17-3)9-10(12)5-4-6-13(15)16/h7-9H,4-6H2,1-3H3,(H,15,16). The zero-order valence-electron chi connectivity index (χ0n) is 10.6. The number of hydrogen-bond donors (Lipinski definition) is 1. The Morgan fingerprint density at radius 2 is 2.12 bits per heavy atom. The van der Waals surface area contributed by atoms with Crippen molar-refractivity contribution < 1.29 is 14.6 Å². The third-order valence-corrected chi connectivity index (χ3v) is 2.61. The van der Waals surface area contributed by atoms with Crippen LogP contribution in [0.3, 0.4) is 0 Å². The van der Waals surface area contributed by atoms with Crippen molar-refractivity contribution in [3.05, 3.63) is 23.8 Å². The lowest BCUT2D eigenvalue weighted by Gasteiger charge is -2.18. The molecule has 0 saturated carbocycles. The zero-order chi connectivity index (χ0) is 12.8. The van der Waals surface area contributed by atoms with E-state index in [1.165, 1.54) is 0 Å². The number of hydrogen-bond acceptors (Lipinski definition) is 3. The maximum atomic E-state index is 10.5. The summed E-state index contributed by atoms with van der Waals surface area (Å²) in [7, 11) is 5.58. The van der Waals surface area contributed by atoms with Gasteiger partial charge in [0.2, 0.25) is 0 Å². The van der Waals surface area contributed by atoms with Crippen LogP contribution in [0.1, 0.15) is 18.4 Å². The summed E-state index contributed by atoms with van der Waals surface area (Å²) >= 11 is 0. The van der Waals surface area contributed by atoms with Gasteiger partial charge < -0.3 is 14.7 Å². The van der Waals surface area contributed by atoms with Crippen molar-refractivity contribution in [2.24, 2.45) is 0 Å². The molecule has 17 heavy (non-hydrogen) atoms. The SMILES string of the molecule is COc1ccc(N(C)C)c(CCCC(=O)O)c1. The third-order valence-electron chi connectivity index (χ3n) is 2.61. The highest BCUT2D eigenvalue weighted by atomic mass is 16.5. The number of rotatable bonds is 6. The van der Waals surface area contributed by atoms with Crippen molar-refractivity contribution in [3.63, 3.8) is 0 Å². The summed E-state index contributed by atoms with van der Waals surface area (Å²) in [5, 5.41) is 8.64. The number of carboxylic acids is 1. The van der Waals surface area contributed by atoms with Crippen LogP contribution in [-0.2, 0) is 11.2 Å². The van der Waals surface area contributed by atoms with Crippen molar-refractivity contribution in [1.82, 2.24) is 0 Å². The first kappa shape index (κ1) is 13.4. The molecule has 1 aromatic carbocycles. The van der Waals surface area contributed by atoms with E-state index >= 15 is 0 Å². The van der Waals surface area contributed by atoms with Crippen LogP contribution in [0, 0.1) is 0 Å². The van der Waals surface area contributed by atoms with Crippen LogP contribution in [0.15, 0.2) is 18.2 Å². The van der Waals surface area contributed by atoms with Crippen LogP contribution in [0.25, 0.3) is 0 Å². The van der Waals surface area contributed by atoms with Gasteiger partial charge >= 0.3 is 5.97 Å². The fourth-order valence-electron chi connectivity index (χ4n) is 1.76. The number of anilines is 1. The van der Waals surface area contributed by atoms with Crippen LogP contribution >= 0.6 is 0 Å². The molecule has 1 rings (SSSR count). The van der Waals surface area contributed by atoms with E-state index in [-0.39, 0.29) is 6.42 Å². The monoisotopic (exact) mass is 237 g/mol. The Kier molecular flexibility index (Phi) is 4.82. The summed E-state index contributed by atoms with van der Waals surface area (Å²) in [6, 6.07) is 5.88. The largest absolute Gasteiger partial charge is 0.497 e. The van der Waals surface area contributed by atoms with E-state index in [9.17, 15) is 4.79 Å². The van der Waals surface area contributed by atoms with Gasteiger partial charge in [-0.1, -0.05) is 0 Å². The molecule has 0 unspecified atom stereocenters. The van der Waals surface area contributed by atoms with E-state index in [0.29, 0.717) is 6.42 Å². The van der Waals surface area contributed by atoms with Gasteiger partial charge in [0.05, 0.1) is 7.11 Å². The average Bonchev–Trinajstić information content (AvgIpc) is 2.28. The number of methoxy groups -OCH3 is 1. The Morgan fingerprint density at radius 1 is 1.41 bits per heavy atom. The van der Waals surface area contributed by atoms with Gasteiger partial charge in [0.25, 0.3) is 0 Å². The van der Waals surface area contributed by atoms with Crippen molar-refractivity contribution in [3.8, 4) is 5.75 Å². The zero-order valence-corrected chi connectivity index (χ0v) is 10.6. The van der Waals surface area contributed by atoms with Gasteiger partial charge in [-0.15, -0.1) is 0 Å². The smallest absolute Gasteiger partial charge is 0.303 e. The molecule has 0 fully saturated rings. The summed E-state index contributed by atoms with van der Waals surface area (Å²) in [5.74, 6) is 0.0558. The topological polar surface area (TPSA) is 49.8 Å². The highest BCUT2D eigenvalue weighted by Crippen LogP contribution is 2.25. The number of benzene rings is 1. The predicted octanol–water partition coefficient (Wildman–Crippen LogP) is 2.17. The summed E-state index contributed by atoms with van der Waals surface area (Å²) in [4.78, 5) is 12.5. The van der Waals surface area contributed by atoms with E-state index in [2.05, 4.69) is 0 Å². The van der Waals surface area contributed by atoms with Gasteiger partial charge in [-0.2, -0.15) is 0 Å². The molecular formula is C13H19NO3. The molecule has 0 bridgehead atoms. The fourth-order valence-corrected chi connectivity index (χ4v) is 1.76. The first-order valence-corrected chi connectivity index (χ1v) is 5.60. The second-order valence-corrected chi connectivity index (χ2v) is 4.14. The molecular weight excluding hydrogens is 218 g/mol. The average molecular weight is 237 g/mol. The summed E-state index contributed by atoms with van der Waals surface area (Å²) < 4.78 is 5.18.